The summed E-state index contributed by atoms with van der Waals surface area (Å²) in [5.41, 5.74) is 0.468. The lowest BCUT2D eigenvalue weighted by Gasteiger charge is -2.26. The first-order valence-corrected chi connectivity index (χ1v) is 6.61. The minimum Gasteiger partial charge on any atom is -0.300 e. The lowest BCUT2D eigenvalue weighted by molar-refractivity contribution is 0.0954. The van der Waals surface area contributed by atoms with Crippen molar-refractivity contribution < 1.29 is 9.18 Å². The zero-order valence-corrected chi connectivity index (χ0v) is 11.4. The van der Waals surface area contributed by atoms with Crippen molar-refractivity contribution >= 4 is 5.78 Å². The van der Waals surface area contributed by atoms with Crippen LogP contribution >= 0.6 is 0 Å². The molecule has 1 aromatic rings. The predicted molar refractivity (Wildman–Crippen MR) is 72.3 cm³/mol. The lowest BCUT2D eigenvalue weighted by atomic mass is 10.1. The highest BCUT2D eigenvalue weighted by Gasteiger charge is 2.13. The molecule has 18 heavy (non-hydrogen) atoms. The number of rotatable bonds is 7. The van der Waals surface area contributed by atoms with Gasteiger partial charge in [-0.15, -0.1) is 0 Å². The largest absolute Gasteiger partial charge is 0.300 e. The van der Waals surface area contributed by atoms with Crippen LogP contribution in [0.15, 0.2) is 24.3 Å². The molecule has 3 heteroatoms. The summed E-state index contributed by atoms with van der Waals surface area (Å²) < 4.78 is 13.0. The zero-order valence-electron chi connectivity index (χ0n) is 11.4. The minimum absolute atomic E-state index is 0.0104. The molecule has 1 unspecified atom stereocenters. The van der Waals surface area contributed by atoms with Crippen LogP contribution in [0.5, 0.6) is 0 Å². The molecular weight excluding hydrogens is 229 g/mol. The number of Topliss-reactive ketones (excluding diaryl/α,β-unsaturated/α-hetero) is 1. The molecule has 100 valence electrons. The number of carbonyl (C=O) groups is 1. The van der Waals surface area contributed by atoms with Gasteiger partial charge >= 0.3 is 0 Å². The van der Waals surface area contributed by atoms with E-state index >= 15 is 0 Å². The summed E-state index contributed by atoms with van der Waals surface area (Å²) in [4.78, 5) is 14.2. The lowest BCUT2D eigenvalue weighted by Crippen LogP contribution is -2.34. The molecule has 2 nitrogen and oxygen atoms in total. The maximum atomic E-state index is 13.0. The van der Waals surface area contributed by atoms with Gasteiger partial charge in [-0.2, -0.15) is 0 Å². The smallest absolute Gasteiger partial charge is 0.164 e. The Kier molecular flexibility index (Phi) is 5.99. The molecule has 0 saturated carbocycles. The van der Waals surface area contributed by atoms with E-state index in [9.17, 15) is 9.18 Å². The summed E-state index contributed by atoms with van der Waals surface area (Å²) in [6.45, 7) is 8.07. The topological polar surface area (TPSA) is 20.3 Å². The normalized spacial score (nSPS) is 12.7. The number of carbonyl (C=O) groups excluding carboxylic acids is 1. The van der Waals surface area contributed by atoms with E-state index in [1.54, 1.807) is 12.1 Å². The first-order valence-electron chi connectivity index (χ1n) is 6.61. The molecule has 0 spiro atoms. The Morgan fingerprint density at radius 3 is 2.67 bits per heavy atom. The van der Waals surface area contributed by atoms with Crippen LogP contribution < -0.4 is 0 Å². The third-order valence-electron chi connectivity index (χ3n) is 3.39. The summed E-state index contributed by atoms with van der Waals surface area (Å²) >= 11 is 0. The van der Waals surface area contributed by atoms with Crippen LogP contribution in [0.25, 0.3) is 0 Å². The van der Waals surface area contributed by atoms with E-state index in [0.717, 1.165) is 19.5 Å². The van der Waals surface area contributed by atoms with Crippen molar-refractivity contribution in [3.05, 3.63) is 35.6 Å². The van der Waals surface area contributed by atoms with Crippen molar-refractivity contribution in [1.82, 2.24) is 4.90 Å². The van der Waals surface area contributed by atoms with Gasteiger partial charge in [-0.05, 0) is 32.0 Å². The molecule has 0 N–H and O–H groups in total. The number of halogens is 1. The predicted octanol–water partition coefficient (Wildman–Crippen LogP) is 3.52. The van der Waals surface area contributed by atoms with Crippen molar-refractivity contribution in [2.24, 2.45) is 0 Å². The summed E-state index contributed by atoms with van der Waals surface area (Å²) in [5, 5.41) is 0. The Balaban J connectivity index is 2.55. The van der Waals surface area contributed by atoms with Gasteiger partial charge < -0.3 is 4.90 Å². The van der Waals surface area contributed by atoms with Gasteiger partial charge in [-0.25, -0.2) is 4.39 Å². The van der Waals surface area contributed by atoms with Crippen molar-refractivity contribution in [2.75, 3.05) is 13.1 Å². The van der Waals surface area contributed by atoms with Crippen LogP contribution in [0.4, 0.5) is 4.39 Å². The molecule has 0 aliphatic heterocycles. The van der Waals surface area contributed by atoms with Crippen LogP contribution in [-0.4, -0.2) is 29.8 Å². The van der Waals surface area contributed by atoms with E-state index in [1.165, 1.54) is 12.1 Å². The summed E-state index contributed by atoms with van der Waals surface area (Å²) in [5.74, 6) is -0.341. The number of hydrogen-bond acceptors (Lipinski definition) is 2. The molecule has 0 aromatic heterocycles. The quantitative estimate of drug-likeness (QED) is 0.691. The SMILES string of the molecule is CCC(C)N(CC)CCC(=O)c1cccc(F)c1. The van der Waals surface area contributed by atoms with E-state index in [4.69, 9.17) is 0 Å². The molecule has 0 saturated heterocycles. The van der Waals surface area contributed by atoms with Crippen LogP contribution in [0.1, 0.15) is 44.0 Å². The molecule has 0 radical (unpaired) electrons. The highest BCUT2D eigenvalue weighted by atomic mass is 19.1. The number of ketones is 1. The van der Waals surface area contributed by atoms with Gasteiger partial charge in [0.15, 0.2) is 5.78 Å². The molecular formula is C15H22FNO. The highest BCUT2D eigenvalue weighted by molar-refractivity contribution is 5.96. The maximum Gasteiger partial charge on any atom is 0.164 e. The zero-order chi connectivity index (χ0) is 13.5. The fourth-order valence-electron chi connectivity index (χ4n) is 2.00. The summed E-state index contributed by atoms with van der Waals surface area (Å²) in [7, 11) is 0. The monoisotopic (exact) mass is 251 g/mol. The molecule has 1 aromatic carbocycles. The Morgan fingerprint density at radius 2 is 2.11 bits per heavy atom. The second-order valence-corrected chi connectivity index (χ2v) is 4.57. The molecule has 1 atom stereocenters. The molecule has 1 rings (SSSR count). The molecule has 0 aliphatic carbocycles. The molecule has 0 heterocycles. The van der Waals surface area contributed by atoms with Crippen LogP contribution in [0, 0.1) is 5.82 Å². The Morgan fingerprint density at radius 1 is 1.39 bits per heavy atom. The average Bonchev–Trinajstić information content (AvgIpc) is 2.38. The van der Waals surface area contributed by atoms with E-state index in [1.807, 2.05) is 0 Å². The van der Waals surface area contributed by atoms with Gasteiger partial charge in [0.05, 0.1) is 0 Å². The van der Waals surface area contributed by atoms with Crippen molar-refractivity contribution in [3.63, 3.8) is 0 Å². The van der Waals surface area contributed by atoms with Gasteiger partial charge in [-0.3, -0.25) is 4.79 Å². The third kappa shape index (κ3) is 4.22. The van der Waals surface area contributed by atoms with Gasteiger partial charge in [0.1, 0.15) is 5.82 Å². The summed E-state index contributed by atoms with van der Waals surface area (Å²) in [6, 6.07) is 6.39. The number of benzene rings is 1. The minimum atomic E-state index is -0.352. The van der Waals surface area contributed by atoms with Crippen molar-refractivity contribution in [3.8, 4) is 0 Å². The van der Waals surface area contributed by atoms with Gasteiger partial charge in [0, 0.05) is 24.6 Å². The fraction of sp³-hybridized carbons (Fsp3) is 0.533. The maximum absolute atomic E-state index is 13.0. The van der Waals surface area contributed by atoms with Crippen LogP contribution in [0.3, 0.4) is 0 Å². The third-order valence-corrected chi connectivity index (χ3v) is 3.39. The standard InChI is InChI=1S/C15H22FNO/c1-4-12(3)17(5-2)10-9-15(18)13-7-6-8-14(16)11-13/h6-8,11-12H,4-5,9-10H2,1-3H3. The summed E-state index contributed by atoms with van der Waals surface area (Å²) in [6.07, 6.45) is 1.52. The van der Waals surface area contributed by atoms with E-state index in [-0.39, 0.29) is 11.6 Å². The Hall–Kier alpha value is -1.22. The first kappa shape index (κ1) is 14.8. The van der Waals surface area contributed by atoms with E-state index in [0.29, 0.717) is 18.0 Å². The van der Waals surface area contributed by atoms with Crippen LogP contribution in [-0.2, 0) is 0 Å². The Bertz CT molecular complexity index is 392. The van der Waals surface area contributed by atoms with Crippen molar-refractivity contribution in [2.45, 2.75) is 39.7 Å². The molecule has 0 bridgehead atoms. The molecule has 0 aliphatic rings. The van der Waals surface area contributed by atoms with Crippen LogP contribution in [0.2, 0.25) is 0 Å². The fourth-order valence-corrected chi connectivity index (χ4v) is 2.00. The second kappa shape index (κ2) is 7.27. The van der Waals surface area contributed by atoms with Crippen molar-refractivity contribution in [1.29, 1.82) is 0 Å². The van der Waals surface area contributed by atoms with Gasteiger partial charge in [0.2, 0.25) is 0 Å². The number of hydrogen-bond donors (Lipinski definition) is 0. The first-order chi connectivity index (χ1) is 8.58. The highest BCUT2D eigenvalue weighted by Crippen LogP contribution is 2.09. The van der Waals surface area contributed by atoms with Gasteiger partial charge in [0.25, 0.3) is 0 Å². The second-order valence-electron chi connectivity index (χ2n) is 4.57. The molecule has 0 fully saturated rings. The number of nitrogens with zero attached hydrogens (tertiary/aromatic N) is 1. The van der Waals surface area contributed by atoms with E-state index in [2.05, 4.69) is 25.7 Å². The Labute approximate surface area is 109 Å². The molecule has 0 amide bonds. The average molecular weight is 251 g/mol. The van der Waals surface area contributed by atoms with Gasteiger partial charge in [-0.1, -0.05) is 26.0 Å². The van der Waals surface area contributed by atoms with E-state index < -0.39 is 0 Å².